The molecule has 0 aliphatic carbocycles. The van der Waals surface area contributed by atoms with Gasteiger partial charge in [0.05, 0.1) is 16.4 Å². The fourth-order valence-electron chi connectivity index (χ4n) is 1.97. The highest BCUT2D eigenvalue weighted by Gasteiger charge is 2.17. The average molecular weight is 327 g/mol. The number of aromatic nitrogens is 2. The summed E-state index contributed by atoms with van der Waals surface area (Å²) in [6.07, 6.45) is 0. The van der Waals surface area contributed by atoms with E-state index in [9.17, 15) is 4.79 Å². The first-order valence-electron chi connectivity index (χ1n) is 5.65. The molecule has 0 bridgehead atoms. The molecule has 0 atom stereocenters. The summed E-state index contributed by atoms with van der Waals surface area (Å²) in [5.74, 6) is -0.945. The number of hydrogen-bond donors (Lipinski definition) is 1. The van der Waals surface area contributed by atoms with Gasteiger partial charge < -0.3 is 5.11 Å². The largest absolute Gasteiger partial charge is 0.477 e. The molecule has 2 aromatic heterocycles. The first-order valence-corrected chi connectivity index (χ1v) is 7.22. The number of fused-ring (bicyclic) bond motifs is 1. The highest BCUT2D eigenvalue weighted by atomic mass is 35.5. The second-order valence-electron chi connectivity index (χ2n) is 4.23. The molecule has 0 unspecified atom stereocenters. The minimum Gasteiger partial charge on any atom is -0.477 e. The fraction of sp³-hybridized carbons (Fsp3) is 0.0769. The Morgan fingerprint density at radius 2 is 2.10 bits per heavy atom. The maximum absolute atomic E-state index is 11.1. The Kier molecular flexibility index (Phi) is 3.20. The van der Waals surface area contributed by atoms with E-state index in [0.29, 0.717) is 15.7 Å². The van der Waals surface area contributed by atoms with Crippen LogP contribution in [-0.4, -0.2) is 20.9 Å². The van der Waals surface area contributed by atoms with Crippen molar-refractivity contribution in [2.75, 3.05) is 0 Å². The van der Waals surface area contributed by atoms with Gasteiger partial charge in [-0.15, -0.1) is 11.3 Å². The highest BCUT2D eigenvalue weighted by Crippen LogP contribution is 2.33. The van der Waals surface area contributed by atoms with Gasteiger partial charge in [-0.1, -0.05) is 23.2 Å². The molecule has 102 valence electrons. The first kappa shape index (κ1) is 13.4. The first-order chi connectivity index (χ1) is 9.47. The minimum atomic E-state index is -0.945. The summed E-state index contributed by atoms with van der Waals surface area (Å²) < 4.78 is 1.65. The normalized spacial score (nSPS) is 11.2. The molecule has 0 saturated heterocycles. The molecule has 0 fully saturated rings. The quantitative estimate of drug-likeness (QED) is 0.759. The Bertz CT molecular complexity index is 838. The second kappa shape index (κ2) is 4.77. The summed E-state index contributed by atoms with van der Waals surface area (Å²) in [5.41, 5.74) is 1.43. The molecule has 0 spiro atoms. The predicted octanol–water partition coefficient (Wildman–Crippen LogP) is 4.40. The van der Waals surface area contributed by atoms with E-state index in [0.717, 1.165) is 15.9 Å². The molecule has 0 saturated carbocycles. The van der Waals surface area contributed by atoms with Gasteiger partial charge in [0.1, 0.15) is 9.71 Å². The molecule has 0 aliphatic heterocycles. The summed E-state index contributed by atoms with van der Waals surface area (Å²) >= 11 is 13.2. The number of nitrogens with zero attached hydrogens (tertiary/aromatic N) is 2. The van der Waals surface area contributed by atoms with E-state index >= 15 is 0 Å². The van der Waals surface area contributed by atoms with E-state index in [1.807, 2.05) is 6.92 Å². The lowest BCUT2D eigenvalue weighted by molar-refractivity contribution is 0.0702. The maximum Gasteiger partial charge on any atom is 0.345 e. The van der Waals surface area contributed by atoms with Crippen molar-refractivity contribution < 1.29 is 9.90 Å². The van der Waals surface area contributed by atoms with Crippen LogP contribution < -0.4 is 0 Å². The molecule has 7 heteroatoms. The number of rotatable bonds is 2. The zero-order valence-electron chi connectivity index (χ0n) is 10.2. The van der Waals surface area contributed by atoms with Gasteiger partial charge in [0.15, 0.2) is 0 Å². The van der Waals surface area contributed by atoms with Crippen LogP contribution in [0.4, 0.5) is 0 Å². The maximum atomic E-state index is 11.1. The third-order valence-corrected chi connectivity index (χ3v) is 4.53. The highest BCUT2D eigenvalue weighted by molar-refractivity contribution is 7.20. The van der Waals surface area contributed by atoms with Crippen LogP contribution in [0.15, 0.2) is 24.3 Å². The van der Waals surface area contributed by atoms with Gasteiger partial charge in [0.25, 0.3) is 0 Å². The molecular formula is C13H8Cl2N2O2S. The Labute approximate surface area is 128 Å². The molecule has 4 nitrogen and oxygen atoms in total. The molecule has 1 N–H and O–H groups in total. The molecule has 3 rings (SSSR count). The van der Waals surface area contributed by atoms with Crippen molar-refractivity contribution in [3.63, 3.8) is 0 Å². The van der Waals surface area contributed by atoms with Gasteiger partial charge in [-0.2, -0.15) is 5.10 Å². The number of benzene rings is 1. The predicted molar refractivity (Wildman–Crippen MR) is 80.7 cm³/mol. The van der Waals surface area contributed by atoms with Crippen molar-refractivity contribution in [1.29, 1.82) is 0 Å². The Balaban J connectivity index is 2.28. The van der Waals surface area contributed by atoms with Crippen molar-refractivity contribution in [2.45, 2.75) is 6.92 Å². The molecule has 0 radical (unpaired) electrons. The van der Waals surface area contributed by atoms with Crippen LogP contribution in [-0.2, 0) is 0 Å². The Morgan fingerprint density at radius 1 is 1.35 bits per heavy atom. The lowest BCUT2D eigenvalue weighted by atomic mass is 10.3. The van der Waals surface area contributed by atoms with Crippen molar-refractivity contribution >= 4 is 50.7 Å². The number of hydrogen-bond acceptors (Lipinski definition) is 3. The lowest BCUT2D eigenvalue weighted by Gasteiger charge is -2.05. The van der Waals surface area contributed by atoms with Crippen LogP contribution in [0.5, 0.6) is 0 Å². The molecule has 0 amide bonds. The zero-order chi connectivity index (χ0) is 14.4. The lowest BCUT2D eigenvalue weighted by Crippen LogP contribution is -1.97. The van der Waals surface area contributed by atoms with Gasteiger partial charge >= 0.3 is 5.97 Å². The zero-order valence-corrected chi connectivity index (χ0v) is 12.6. The number of carboxylic acid groups (broad SMARTS) is 1. The van der Waals surface area contributed by atoms with Gasteiger partial charge in [0, 0.05) is 10.4 Å². The van der Waals surface area contributed by atoms with E-state index in [-0.39, 0.29) is 4.88 Å². The summed E-state index contributed by atoms with van der Waals surface area (Å²) in [6.45, 7) is 1.83. The average Bonchev–Trinajstić information content (AvgIpc) is 2.91. The molecule has 0 aliphatic rings. The number of aryl methyl sites for hydroxylation is 1. The Morgan fingerprint density at radius 3 is 2.75 bits per heavy atom. The van der Waals surface area contributed by atoms with Crippen LogP contribution in [0.3, 0.4) is 0 Å². The van der Waals surface area contributed by atoms with Gasteiger partial charge in [-0.25, -0.2) is 9.48 Å². The third kappa shape index (κ3) is 2.08. The SMILES string of the molecule is Cc1nn(-c2ccc(Cl)cc2Cl)c2sc(C(=O)O)cc12. The Hall–Kier alpha value is -1.56. The standard InChI is InChI=1S/C13H8Cl2N2O2S/c1-6-8-5-11(13(18)19)20-12(8)17(16-6)10-3-2-7(14)4-9(10)15/h2-5H,1H3,(H,18,19). The van der Waals surface area contributed by atoms with Crippen LogP contribution in [0.2, 0.25) is 10.0 Å². The van der Waals surface area contributed by atoms with Crippen molar-refractivity contribution in [3.8, 4) is 5.69 Å². The van der Waals surface area contributed by atoms with Gasteiger partial charge in [-0.05, 0) is 31.2 Å². The summed E-state index contributed by atoms with van der Waals surface area (Å²) in [7, 11) is 0. The fourth-order valence-corrected chi connectivity index (χ4v) is 3.47. The second-order valence-corrected chi connectivity index (χ2v) is 6.10. The van der Waals surface area contributed by atoms with E-state index < -0.39 is 5.97 Å². The number of halogens is 2. The van der Waals surface area contributed by atoms with Crippen LogP contribution in [0.1, 0.15) is 15.4 Å². The molecular weight excluding hydrogens is 319 g/mol. The van der Waals surface area contributed by atoms with Gasteiger partial charge in [-0.3, -0.25) is 0 Å². The topological polar surface area (TPSA) is 55.1 Å². The monoisotopic (exact) mass is 326 g/mol. The summed E-state index contributed by atoms with van der Waals surface area (Å²) in [4.78, 5) is 12.1. The molecule has 20 heavy (non-hydrogen) atoms. The number of carbonyl (C=O) groups is 1. The van der Waals surface area contributed by atoms with Crippen LogP contribution in [0, 0.1) is 6.92 Å². The van der Waals surface area contributed by atoms with E-state index in [1.54, 1.807) is 28.9 Å². The number of carboxylic acids is 1. The van der Waals surface area contributed by atoms with Crippen LogP contribution in [0.25, 0.3) is 15.9 Å². The number of aromatic carboxylic acids is 1. The summed E-state index contributed by atoms with van der Waals surface area (Å²) in [5, 5.41) is 15.3. The minimum absolute atomic E-state index is 0.277. The van der Waals surface area contributed by atoms with E-state index in [4.69, 9.17) is 28.3 Å². The molecule has 1 aromatic carbocycles. The van der Waals surface area contributed by atoms with E-state index in [1.165, 1.54) is 11.3 Å². The number of thiophene rings is 1. The van der Waals surface area contributed by atoms with Gasteiger partial charge in [0.2, 0.25) is 0 Å². The molecule has 3 aromatic rings. The third-order valence-electron chi connectivity index (χ3n) is 2.89. The van der Waals surface area contributed by atoms with E-state index in [2.05, 4.69) is 5.10 Å². The van der Waals surface area contributed by atoms with Crippen LogP contribution >= 0.6 is 34.5 Å². The van der Waals surface area contributed by atoms with Crippen molar-refractivity contribution in [2.24, 2.45) is 0 Å². The van der Waals surface area contributed by atoms with Crippen molar-refractivity contribution in [1.82, 2.24) is 9.78 Å². The smallest absolute Gasteiger partial charge is 0.345 e. The summed E-state index contributed by atoms with van der Waals surface area (Å²) in [6, 6.07) is 6.74. The molecule has 2 heterocycles. The van der Waals surface area contributed by atoms with Crippen molar-refractivity contribution in [3.05, 3.63) is 44.9 Å².